The summed E-state index contributed by atoms with van der Waals surface area (Å²) in [6.45, 7) is 6.40. The summed E-state index contributed by atoms with van der Waals surface area (Å²) in [7, 11) is 0. The van der Waals surface area contributed by atoms with Crippen molar-refractivity contribution in [1.29, 1.82) is 0 Å². The SMILES string of the molecule is CCc1ccc(/C(O)=C2/C(=O)C(=O)N(CCOC(C)C)C2c2cccnc2)cc1. The Bertz CT molecular complexity index is 904. The molecule has 152 valence electrons. The van der Waals surface area contributed by atoms with Crippen molar-refractivity contribution in [3.8, 4) is 0 Å². The van der Waals surface area contributed by atoms with Gasteiger partial charge in [-0.15, -0.1) is 0 Å². The van der Waals surface area contributed by atoms with E-state index in [0.29, 0.717) is 17.7 Å². The third kappa shape index (κ3) is 4.38. The minimum atomic E-state index is -0.703. The van der Waals surface area contributed by atoms with Gasteiger partial charge in [-0.3, -0.25) is 14.6 Å². The second-order valence-electron chi connectivity index (χ2n) is 7.25. The van der Waals surface area contributed by atoms with Crippen LogP contribution in [-0.2, 0) is 20.7 Å². The van der Waals surface area contributed by atoms with Gasteiger partial charge in [-0.05, 0) is 37.5 Å². The van der Waals surface area contributed by atoms with E-state index in [2.05, 4.69) is 4.98 Å². The number of aryl methyl sites for hydroxylation is 1. The fourth-order valence-electron chi connectivity index (χ4n) is 3.44. The standard InChI is InChI=1S/C23H26N2O4/c1-4-16-7-9-17(10-8-16)21(26)19-20(18-6-5-11-24-14-18)25(23(28)22(19)27)12-13-29-15(2)3/h5-11,14-15,20,26H,4,12-13H2,1-3H3/b21-19-. The maximum Gasteiger partial charge on any atom is 0.295 e. The Kier molecular flexibility index (Phi) is 6.44. The Hall–Kier alpha value is -2.99. The van der Waals surface area contributed by atoms with Crippen LogP contribution in [0.2, 0.25) is 0 Å². The largest absolute Gasteiger partial charge is 0.507 e. The molecule has 1 N–H and O–H groups in total. The van der Waals surface area contributed by atoms with E-state index in [0.717, 1.165) is 12.0 Å². The first kappa shape index (κ1) is 20.7. The molecule has 2 heterocycles. The van der Waals surface area contributed by atoms with E-state index in [-0.39, 0.29) is 24.0 Å². The number of rotatable bonds is 7. The van der Waals surface area contributed by atoms with E-state index in [1.807, 2.05) is 32.9 Å². The predicted octanol–water partition coefficient (Wildman–Crippen LogP) is 3.49. The average Bonchev–Trinajstić information content (AvgIpc) is 2.98. The van der Waals surface area contributed by atoms with Crippen LogP contribution < -0.4 is 0 Å². The fraction of sp³-hybridized carbons (Fsp3) is 0.348. The van der Waals surface area contributed by atoms with Gasteiger partial charge in [0.05, 0.1) is 24.3 Å². The quantitative estimate of drug-likeness (QED) is 0.442. The molecule has 1 unspecified atom stereocenters. The molecule has 0 spiro atoms. The number of aliphatic hydroxyl groups is 1. The van der Waals surface area contributed by atoms with Gasteiger partial charge in [0.25, 0.3) is 11.7 Å². The molecular formula is C23H26N2O4. The van der Waals surface area contributed by atoms with Crippen molar-refractivity contribution < 1.29 is 19.4 Å². The minimum Gasteiger partial charge on any atom is -0.507 e. The molecule has 1 aliphatic heterocycles. The Morgan fingerprint density at radius 3 is 2.52 bits per heavy atom. The number of aromatic nitrogens is 1. The molecule has 0 saturated carbocycles. The molecule has 0 radical (unpaired) electrons. The zero-order valence-electron chi connectivity index (χ0n) is 17.0. The summed E-state index contributed by atoms with van der Waals surface area (Å²) in [5, 5.41) is 11.0. The second-order valence-corrected chi connectivity index (χ2v) is 7.25. The number of ketones is 1. The highest BCUT2D eigenvalue weighted by molar-refractivity contribution is 6.46. The number of carbonyl (C=O) groups is 2. The summed E-state index contributed by atoms with van der Waals surface area (Å²) >= 11 is 0. The lowest BCUT2D eigenvalue weighted by Crippen LogP contribution is -2.33. The smallest absolute Gasteiger partial charge is 0.295 e. The predicted molar refractivity (Wildman–Crippen MR) is 110 cm³/mol. The van der Waals surface area contributed by atoms with Crippen LogP contribution in [0.3, 0.4) is 0 Å². The number of carbonyl (C=O) groups excluding carboxylic acids is 2. The molecule has 1 atom stereocenters. The van der Waals surface area contributed by atoms with Crippen LogP contribution in [0, 0.1) is 0 Å². The number of aliphatic hydroxyl groups excluding tert-OH is 1. The molecule has 29 heavy (non-hydrogen) atoms. The molecule has 1 amide bonds. The lowest BCUT2D eigenvalue weighted by atomic mass is 9.96. The van der Waals surface area contributed by atoms with Crippen molar-refractivity contribution in [3.05, 3.63) is 71.1 Å². The van der Waals surface area contributed by atoms with Gasteiger partial charge in [0.2, 0.25) is 0 Å². The van der Waals surface area contributed by atoms with Gasteiger partial charge in [-0.2, -0.15) is 0 Å². The molecule has 1 aromatic heterocycles. The lowest BCUT2D eigenvalue weighted by Gasteiger charge is -2.25. The summed E-state index contributed by atoms with van der Waals surface area (Å²) in [5.41, 5.74) is 2.38. The number of hydrogen-bond donors (Lipinski definition) is 1. The zero-order valence-corrected chi connectivity index (χ0v) is 17.0. The Morgan fingerprint density at radius 1 is 1.21 bits per heavy atom. The van der Waals surface area contributed by atoms with E-state index in [4.69, 9.17) is 4.74 Å². The third-order valence-corrected chi connectivity index (χ3v) is 4.96. The van der Waals surface area contributed by atoms with E-state index in [1.54, 1.807) is 36.7 Å². The molecule has 0 aliphatic carbocycles. The fourth-order valence-corrected chi connectivity index (χ4v) is 3.44. The number of benzene rings is 1. The monoisotopic (exact) mass is 394 g/mol. The summed E-state index contributed by atoms with van der Waals surface area (Å²) in [5.74, 6) is -1.51. The molecular weight excluding hydrogens is 368 g/mol. The molecule has 3 rings (SSSR count). The van der Waals surface area contributed by atoms with Crippen LogP contribution in [0.4, 0.5) is 0 Å². The maximum atomic E-state index is 12.9. The van der Waals surface area contributed by atoms with Crippen molar-refractivity contribution in [2.24, 2.45) is 0 Å². The van der Waals surface area contributed by atoms with Gasteiger partial charge in [0, 0.05) is 24.5 Å². The van der Waals surface area contributed by atoms with Crippen LogP contribution in [0.5, 0.6) is 0 Å². The first-order chi connectivity index (χ1) is 13.9. The van der Waals surface area contributed by atoms with Gasteiger partial charge in [-0.25, -0.2) is 0 Å². The number of Topliss-reactive ketones (excluding diaryl/α,β-unsaturated/α-hetero) is 1. The van der Waals surface area contributed by atoms with Gasteiger partial charge < -0.3 is 14.7 Å². The van der Waals surface area contributed by atoms with E-state index < -0.39 is 17.7 Å². The van der Waals surface area contributed by atoms with Crippen LogP contribution in [0.1, 0.15) is 43.5 Å². The normalized spacial score (nSPS) is 18.6. The van der Waals surface area contributed by atoms with Crippen molar-refractivity contribution in [2.45, 2.75) is 39.3 Å². The van der Waals surface area contributed by atoms with E-state index in [1.165, 1.54) is 4.90 Å². The highest BCUT2D eigenvalue weighted by atomic mass is 16.5. The Labute approximate surface area is 170 Å². The van der Waals surface area contributed by atoms with E-state index >= 15 is 0 Å². The maximum absolute atomic E-state index is 12.9. The molecule has 6 nitrogen and oxygen atoms in total. The first-order valence-corrected chi connectivity index (χ1v) is 9.83. The third-order valence-electron chi connectivity index (χ3n) is 4.96. The molecule has 1 aliphatic rings. The summed E-state index contributed by atoms with van der Waals surface area (Å²) in [6.07, 6.45) is 4.12. The number of amides is 1. The Balaban J connectivity index is 2.05. The van der Waals surface area contributed by atoms with Crippen molar-refractivity contribution in [3.63, 3.8) is 0 Å². The highest BCUT2D eigenvalue weighted by Crippen LogP contribution is 2.38. The molecule has 6 heteroatoms. The van der Waals surface area contributed by atoms with Crippen molar-refractivity contribution >= 4 is 17.4 Å². The number of nitrogens with zero attached hydrogens (tertiary/aromatic N) is 2. The Morgan fingerprint density at radius 2 is 1.93 bits per heavy atom. The summed E-state index contributed by atoms with van der Waals surface area (Å²) in [4.78, 5) is 31.2. The van der Waals surface area contributed by atoms with E-state index in [9.17, 15) is 14.7 Å². The van der Waals surface area contributed by atoms with Gasteiger partial charge >= 0.3 is 0 Å². The second kappa shape index (κ2) is 9.01. The van der Waals surface area contributed by atoms with Crippen LogP contribution in [-0.4, -0.2) is 45.9 Å². The molecule has 0 bridgehead atoms. The number of ether oxygens (including phenoxy) is 1. The molecule has 2 aromatic rings. The number of pyridine rings is 1. The van der Waals surface area contributed by atoms with Gasteiger partial charge in [-0.1, -0.05) is 37.3 Å². The van der Waals surface area contributed by atoms with Crippen LogP contribution >= 0.6 is 0 Å². The highest BCUT2D eigenvalue weighted by Gasteiger charge is 2.46. The molecule has 1 saturated heterocycles. The zero-order chi connectivity index (χ0) is 21.0. The van der Waals surface area contributed by atoms with Crippen molar-refractivity contribution in [2.75, 3.05) is 13.2 Å². The number of likely N-dealkylation sites (tertiary alicyclic amines) is 1. The van der Waals surface area contributed by atoms with Crippen LogP contribution in [0.25, 0.3) is 5.76 Å². The average molecular weight is 394 g/mol. The summed E-state index contributed by atoms with van der Waals surface area (Å²) in [6, 6.07) is 10.2. The van der Waals surface area contributed by atoms with Gasteiger partial charge in [0.15, 0.2) is 0 Å². The summed E-state index contributed by atoms with van der Waals surface area (Å²) < 4.78 is 5.58. The molecule has 1 fully saturated rings. The van der Waals surface area contributed by atoms with Crippen LogP contribution in [0.15, 0.2) is 54.4 Å². The molecule has 1 aromatic carbocycles. The minimum absolute atomic E-state index is 0.0146. The topological polar surface area (TPSA) is 79.7 Å². The van der Waals surface area contributed by atoms with Crippen molar-refractivity contribution in [1.82, 2.24) is 9.88 Å². The first-order valence-electron chi connectivity index (χ1n) is 9.83. The lowest BCUT2D eigenvalue weighted by molar-refractivity contribution is -0.140. The van der Waals surface area contributed by atoms with Gasteiger partial charge in [0.1, 0.15) is 5.76 Å². The number of hydrogen-bond acceptors (Lipinski definition) is 5.